The van der Waals surface area contributed by atoms with Crippen LogP contribution in [0.25, 0.3) is 0 Å². The van der Waals surface area contributed by atoms with Gasteiger partial charge in [0, 0.05) is 43.6 Å². The predicted octanol–water partition coefficient (Wildman–Crippen LogP) is 0.792. The first-order chi connectivity index (χ1) is 19.3. The highest BCUT2D eigenvalue weighted by Crippen LogP contribution is 2.23. The molecule has 41 heavy (non-hydrogen) atoms. The number of nitrogens with zero attached hydrogens (tertiary/aromatic N) is 5. The summed E-state index contributed by atoms with van der Waals surface area (Å²) in [4.78, 5) is 18.2. The number of aromatic nitrogens is 4. The lowest BCUT2D eigenvalue weighted by Crippen LogP contribution is -2.36. The van der Waals surface area contributed by atoms with Gasteiger partial charge in [-0.15, -0.1) is 0 Å². The van der Waals surface area contributed by atoms with E-state index < -0.39 is 20.4 Å². The topological polar surface area (TPSA) is 211 Å². The van der Waals surface area contributed by atoms with E-state index >= 15 is 0 Å². The fourth-order valence-corrected chi connectivity index (χ4v) is 5.47. The summed E-state index contributed by atoms with van der Waals surface area (Å²) in [6.07, 6.45) is 9.08. The molecule has 2 aliphatic rings. The SMILES string of the molecule is Cc1cc(Cl)ncn1.Cc1cc(N2CCC(CCNS(N)(=O)=O)CC2)ncn1.NS(=O)(=O)NCCC1CCNCC1. The second-order valence-electron chi connectivity index (χ2n) is 10.1. The minimum absolute atomic E-state index is 0.413. The standard InChI is InChI=1S/C12H21N5O2S.C7H17N3O2S.C5H5ClN2/c1-10-8-12(15-9-14-10)17-6-3-11(4-7-17)2-5-16-20(13,18)19;8-13(11,12)10-6-3-7-1-4-9-5-2-7;1-4-2-5(6)8-3-7-4/h8-9,11,16H,2-7H2,1H3,(H2,13,18,19);7,9-10H,1-6H2,(H2,8,11,12);2-3H,1H3. The van der Waals surface area contributed by atoms with Gasteiger partial charge < -0.3 is 10.2 Å². The number of aryl methyl sites for hydroxylation is 2. The molecule has 0 atom stereocenters. The smallest absolute Gasteiger partial charge is 0.274 e. The summed E-state index contributed by atoms with van der Waals surface area (Å²) in [6, 6.07) is 3.70. The van der Waals surface area contributed by atoms with Crippen molar-refractivity contribution in [1.29, 1.82) is 0 Å². The third-order valence-electron chi connectivity index (χ3n) is 6.67. The molecule has 2 aliphatic heterocycles. The molecule has 2 aromatic rings. The average Bonchev–Trinajstić information content (AvgIpc) is 2.89. The molecule has 17 heteroatoms. The van der Waals surface area contributed by atoms with Crippen LogP contribution < -0.4 is 29.9 Å². The minimum Gasteiger partial charge on any atom is -0.356 e. The maximum atomic E-state index is 10.8. The van der Waals surface area contributed by atoms with Crippen molar-refractivity contribution in [3.05, 3.63) is 41.3 Å². The Hall–Kier alpha value is -2.05. The lowest BCUT2D eigenvalue weighted by Gasteiger charge is -2.32. The summed E-state index contributed by atoms with van der Waals surface area (Å²) in [5.74, 6) is 2.14. The van der Waals surface area contributed by atoms with Gasteiger partial charge in [0.25, 0.3) is 20.4 Å². The number of piperidine rings is 2. The molecular formula is C24H43ClN10O4S2. The van der Waals surface area contributed by atoms with Gasteiger partial charge in [0.1, 0.15) is 23.6 Å². The molecule has 0 unspecified atom stereocenters. The highest BCUT2D eigenvalue weighted by Gasteiger charge is 2.20. The second kappa shape index (κ2) is 17.8. The summed E-state index contributed by atoms with van der Waals surface area (Å²) in [5, 5.41) is 13.5. The molecule has 7 N–H and O–H groups in total. The molecule has 0 saturated carbocycles. The van der Waals surface area contributed by atoms with Crippen LogP contribution in [0.1, 0.15) is 49.9 Å². The number of nitrogens with two attached hydrogens (primary N) is 2. The quantitative estimate of drug-likeness (QED) is 0.245. The van der Waals surface area contributed by atoms with Crippen LogP contribution in [0.3, 0.4) is 0 Å². The molecule has 0 amide bonds. The van der Waals surface area contributed by atoms with Crippen LogP contribution in [0.15, 0.2) is 24.8 Å². The normalized spacial score (nSPS) is 16.8. The van der Waals surface area contributed by atoms with E-state index in [0.29, 0.717) is 30.1 Å². The number of anilines is 1. The third-order valence-corrected chi connectivity index (χ3v) is 8.09. The molecule has 2 aromatic heterocycles. The van der Waals surface area contributed by atoms with Crippen molar-refractivity contribution < 1.29 is 16.8 Å². The fraction of sp³-hybridized carbons (Fsp3) is 0.667. The number of halogens is 1. The van der Waals surface area contributed by atoms with Gasteiger partial charge in [-0.1, -0.05) is 11.6 Å². The number of hydrogen-bond acceptors (Lipinski definition) is 10. The molecule has 232 valence electrons. The second-order valence-corrected chi connectivity index (χ2v) is 13.2. The van der Waals surface area contributed by atoms with Gasteiger partial charge >= 0.3 is 0 Å². The van der Waals surface area contributed by atoms with Crippen LogP contribution in [0.4, 0.5) is 5.82 Å². The number of nitrogens with one attached hydrogen (secondary N) is 3. The van der Waals surface area contributed by atoms with E-state index in [4.69, 9.17) is 21.9 Å². The van der Waals surface area contributed by atoms with Crippen molar-refractivity contribution in [1.82, 2.24) is 34.7 Å². The molecular weight excluding hydrogens is 592 g/mol. The molecule has 4 heterocycles. The van der Waals surface area contributed by atoms with Gasteiger partial charge in [0.15, 0.2) is 0 Å². The molecule has 2 saturated heterocycles. The largest absolute Gasteiger partial charge is 0.356 e. The average molecular weight is 635 g/mol. The Balaban J connectivity index is 0.000000239. The molecule has 0 bridgehead atoms. The van der Waals surface area contributed by atoms with Crippen molar-refractivity contribution in [3.8, 4) is 0 Å². The summed E-state index contributed by atoms with van der Waals surface area (Å²) in [6.45, 7) is 8.66. The van der Waals surface area contributed by atoms with Crippen LogP contribution in [0.5, 0.6) is 0 Å². The Morgan fingerprint density at radius 2 is 1.32 bits per heavy atom. The fourth-order valence-electron chi connectivity index (χ4n) is 4.47. The van der Waals surface area contributed by atoms with Gasteiger partial charge in [0.2, 0.25) is 0 Å². The number of hydrogen-bond donors (Lipinski definition) is 5. The van der Waals surface area contributed by atoms with E-state index in [-0.39, 0.29) is 0 Å². The zero-order chi connectivity index (χ0) is 30.3. The molecule has 2 fully saturated rings. The lowest BCUT2D eigenvalue weighted by atomic mass is 9.94. The maximum Gasteiger partial charge on any atom is 0.274 e. The first kappa shape index (κ1) is 35.1. The highest BCUT2D eigenvalue weighted by atomic mass is 35.5. The molecule has 0 aliphatic carbocycles. The first-order valence-corrected chi connectivity index (χ1v) is 17.0. The molecule has 14 nitrogen and oxygen atoms in total. The summed E-state index contributed by atoms with van der Waals surface area (Å²) in [5.41, 5.74) is 1.86. The molecule has 0 aromatic carbocycles. The zero-order valence-corrected chi connectivity index (χ0v) is 26.1. The minimum atomic E-state index is -3.56. The van der Waals surface area contributed by atoms with Gasteiger partial charge in [0.05, 0.1) is 0 Å². The van der Waals surface area contributed by atoms with Crippen molar-refractivity contribution >= 4 is 37.8 Å². The Labute approximate surface area is 248 Å². The Morgan fingerprint density at radius 3 is 1.76 bits per heavy atom. The van der Waals surface area contributed by atoms with Crippen molar-refractivity contribution in [2.24, 2.45) is 22.1 Å². The Morgan fingerprint density at radius 1 is 0.829 bits per heavy atom. The Kier molecular flexibility index (Phi) is 15.3. The van der Waals surface area contributed by atoms with E-state index in [1.54, 1.807) is 12.4 Å². The summed E-state index contributed by atoms with van der Waals surface area (Å²) in [7, 11) is -7.05. The van der Waals surface area contributed by atoms with E-state index in [0.717, 1.165) is 81.9 Å². The molecule has 0 radical (unpaired) electrons. The monoisotopic (exact) mass is 634 g/mol. The van der Waals surface area contributed by atoms with E-state index in [2.05, 4.69) is 39.6 Å². The predicted molar refractivity (Wildman–Crippen MR) is 161 cm³/mol. The molecule has 4 rings (SSSR count). The van der Waals surface area contributed by atoms with Crippen LogP contribution in [0, 0.1) is 25.7 Å². The van der Waals surface area contributed by atoms with Crippen LogP contribution >= 0.6 is 11.6 Å². The first-order valence-electron chi connectivity index (χ1n) is 13.5. The van der Waals surface area contributed by atoms with E-state index in [1.165, 1.54) is 6.33 Å². The van der Waals surface area contributed by atoms with Crippen LogP contribution in [0.2, 0.25) is 5.15 Å². The van der Waals surface area contributed by atoms with Crippen LogP contribution in [-0.4, -0.2) is 76.0 Å². The van der Waals surface area contributed by atoms with Gasteiger partial charge in [-0.05, 0) is 83.4 Å². The Bertz CT molecular complexity index is 1240. The highest BCUT2D eigenvalue weighted by molar-refractivity contribution is 7.87. The third kappa shape index (κ3) is 16.9. The molecule has 0 spiro atoms. The van der Waals surface area contributed by atoms with Gasteiger partial charge in [-0.2, -0.15) is 16.8 Å². The van der Waals surface area contributed by atoms with Crippen molar-refractivity contribution in [2.45, 2.75) is 52.4 Å². The van der Waals surface area contributed by atoms with E-state index in [9.17, 15) is 16.8 Å². The number of rotatable bonds is 9. The maximum absolute atomic E-state index is 10.8. The lowest BCUT2D eigenvalue weighted by molar-refractivity contribution is 0.354. The van der Waals surface area contributed by atoms with Gasteiger partial charge in [-0.25, -0.2) is 39.7 Å². The van der Waals surface area contributed by atoms with E-state index in [1.807, 2.05) is 19.9 Å². The van der Waals surface area contributed by atoms with Crippen molar-refractivity contribution in [3.63, 3.8) is 0 Å². The summed E-state index contributed by atoms with van der Waals surface area (Å²) >= 11 is 5.49. The van der Waals surface area contributed by atoms with Crippen LogP contribution in [-0.2, 0) is 20.4 Å². The van der Waals surface area contributed by atoms with Gasteiger partial charge in [-0.3, -0.25) is 0 Å². The summed E-state index contributed by atoms with van der Waals surface area (Å²) < 4.78 is 47.3. The zero-order valence-electron chi connectivity index (χ0n) is 23.7. The van der Waals surface area contributed by atoms with Crippen molar-refractivity contribution in [2.75, 3.05) is 44.2 Å².